The minimum absolute atomic E-state index is 0.262. The predicted octanol–water partition coefficient (Wildman–Crippen LogP) is 1.54. The van der Waals surface area contributed by atoms with Crippen LogP contribution in [-0.2, 0) is 0 Å². The van der Waals surface area contributed by atoms with E-state index in [2.05, 4.69) is 28.8 Å². The van der Waals surface area contributed by atoms with Gasteiger partial charge in [0.05, 0.1) is 12.0 Å². The van der Waals surface area contributed by atoms with Crippen LogP contribution < -0.4 is 15.4 Å². The van der Waals surface area contributed by atoms with Crippen molar-refractivity contribution in [3.63, 3.8) is 0 Å². The Kier molecular flexibility index (Phi) is 1.45. The van der Waals surface area contributed by atoms with Crippen molar-refractivity contribution < 1.29 is 4.74 Å². The van der Waals surface area contributed by atoms with Crippen LogP contribution in [-0.4, -0.2) is 12.8 Å². The Bertz CT molecular complexity index is 463. The first-order chi connectivity index (χ1) is 7.90. The molecule has 2 heterocycles. The van der Waals surface area contributed by atoms with Gasteiger partial charge in [-0.15, -0.1) is 0 Å². The number of nitrogens with one attached hydrogen (secondary N) is 2. The standard InChI is InChI=1S/C13H14N2O/c1-2-4-11-9(3-1)10-7-13(10,8-16-11)12-14-5-6-15-12/h1-6,10,12,14-15H,7-8H2. The number of ether oxygens (including phenoxy) is 1. The van der Waals surface area contributed by atoms with Gasteiger partial charge in [0.2, 0.25) is 0 Å². The van der Waals surface area contributed by atoms with Crippen molar-refractivity contribution in [2.24, 2.45) is 5.41 Å². The van der Waals surface area contributed by atoms with Crippen LogP contribution in [0.3, 0.4) is 0 Å². The fraction of sp³-hybridized carbons (Fsp3) is 0.385. The minimum Gasteiger partial charge on any atom is -0.493 e. The van der Waals surface area contributed by atoms with Crippen LogP contribution in [0.2, 0.25) is 0 Å². The zero-order chi connectivity index (χ0) is 10.6. The number of rotatable bonds is 1. The molecule has 0 radical (unpaired) electrons. The first-order valence-corrected chi connectivity index (χ1v) is 5.79. The second-order valence-electron chi connectivity index (χ2n) is 4.92. The Morgan fingerprint density at radius 1 is 1.19 bits per heavy atom. The summed E-state index contributed by atoms with van der Waals surface area (Å²) in [6, 6.07) is 8.42. The van der Waals surface area contributed by atoms with Gasteiger partial charge in [-0.25, -0.2) is 0 Å². The fourth-order valence-corrected chi connectivity index (χ4v) is 3.08. The van der Waals surface area contributed by atoms with E-state index in [0.717, 1.165) is 12.4 Å². The Labute approximate surface area is 94.5 Å². The SMILES string of the molecule is C1=CNC(C23COc4ccccc4C2C3)N1. The molecule has 3 heteroatoms. The molecular weight excluding hydrogens is 200 g/mol. The molecule has 16 heavy (non-hydrogen) atoms. The molecule has 2 N–H and O–H groups in total. The Balaban J connectivity index is 1.69. The molecule has 3 nitrogen and oxygen atoms in total. The first-order valence-electron chi connectivity index (χ1n) is 5.79. The summed E-state index contributed by atoms with van der Waals surface area (Å²) in [7, 11) is 0. The van der Waals surface area contributed by atoms with E-state index in [4.69, 9.17) is 4.74 Å². The van der Waals surface area contributed by atoms with Crippen molar-refractivity contribution in [1.82, 2.24) is 10.6 Å². The topological polar surface area (TPSA) is 33.3 Å². The molecule has 0 amide bonds. The monoisotopic (exact) mass is 214 g/mol. The van der Waals surface area contributed by atoms with Crippen LogP contribution >= 0.6 is 0 Å². The largest absolute Gasteiger partial charge is 0.493 e. The molecule has 2 unspecified atom stereocenters. The third-order valence-corrected chi connectivity index (χ3v) is 4.09. The summed E-state index contributed by atoms with van der Waals surface area (Å²) in [5.41, 5.74) is 1.64. The molecule has 4 rings (SSSR count). The molecular formula is C13H14N2O. The van der Waals surface area contributed by atoms with Gasteiger partial charge in [0, 0.05) is 18.3 Å². The summed E-state index contributed by atoms with van der Waals surface area (Å²) in [4.78, 5) is 0. The van der Waals surface area contributed by atoms with Gasteiger partial charge in [0.25, 0.3) is 0 Å². The summed E-state index contributed by atoms with van der Waals surface area (Å²) in [5.74, 6) is 1.73. The molecule has 1 aromatic rings. The lowest BCUT2D eigenvalue weighted by Gasteiger charge is -2.30. The van der Waals surface area contributed by atoms with E-state index in [1.165, 1.54) is 12.0 Å². The third kappa shape index (κ3) is 0.932. The van der Waals surface area contributed by atoms with Crippen molar-refractivity contribution in [1.29, 1.82) is 0 Å². The summed E-state index contributed by atoms with van der Waals surface area (Å²) < 4.78 is 5.89. The van der Waals surface area contributed by atoms with Gasteiger partial charge in [-0.2, -0.15) is 0 Å². The van der Waals surface area contributed by atoms with Crippen LogP contribution in [0, 0.1) is 5.41 Å². The van der Waals surface area contributed by atoms with Gasteiger partial charge in [0.15, 0.2) is 0 Å². The molecule has 1 saturated carbocycles. The lowest BCUT2D eigenvalue weighted by molar-refractivity contribution is 0.169. The number of hydrogen-bond donors (Lipinski definition) is 2. The maximum Gasteiger partial charge on any atom is 0.122 e. The lowest BCUT2D eigenvalue weighted by Crippen LogP contribution is -2.45. The molecule has 0 spiro atoms. The Hall–Kier alpha value is -1.64. The number of fused-ring (bicyclic) bond motifs is 3. The highest BCUT2D eigenvalue weighted by molar-refractivity contribution is 5.45. The van der Waals surface area contributed by atoms with Gasteiger partial charge in [-0.3, -0.25) is 0 Å². The molecule has 1 aromatic carbocycles. The normalized spacial score (nSPS) is 34.4. The van der Waals surface area contributed by atoms with E-state index in [1.807, 2.05) is 18.5 Å². The quantitative estimate of drug-likeness (QED) is 0.744. The zero-order valence-electron chi connectivity index (χ0n) is 8.94. The van der Waals surface area contributed by atoms with Crippen LogP contribution in [0.4, 0.5) is 0 Å². The summed E-state index contributed by atoms with van der Waals surface area (Å²) in [5, 5.41) is 6.74. The van der Waals surface area contributed by atoms with Gasteiger partial charge in [-0.1, -0.05) is 18.2 Å². The first kappa shape index (κ1) is 8.50. The van der Waals surface area contributed by atoms with Gasteiger partial charge >= 0.3 is 0 Å². The van der Waals surface area contributed by atoms with Crippen LogP contribution in [0.1, 0.15) is 17.9 Å². The minimum atomic E-state index is 0.262. The molecule has 3 aliphatic rings. The number of hydrogen-bond acceptors (Lipinski definition) is 3. The van der Waals surface area contributed by atoms with E-state index in [0.29, 0.717) is 12.1 Å². The zero-order valence-corrected chi connectivity index (χ0v) is 8.94. The van der Waals surface area contributed by atoms with Crippen molar-refractivity contribution in [2.75, 3.05) is 6.61 Å². The van der Waals surface area contributed by atoms with Crippen molar-refractivity contribution in [2.45, 2.75) is 18.5 Å². The molecule has 1 fully saturated rings. The average Bonchev–Trinajstić information content (AvgIpc) is 2.85. The molecule has 0 aromatic heterocycles. The predicted molar refractivity (Wildman–Crippen MR) is 60.9 cm³/mol. The van der Waals surface area contributed by atoms with E-state index >= 15 is 0 Å². The second kappa shape index (κ2) is 2.73. The van der Waals surface area contributed by atoms with Crippen molar-refractivity contribution in [3.05, 3.63) is 42.2 Å². The third-order valence-electron chi connectivity index (χ3n) is 4.09. The van der Waals surface area contributed by atoms with E-state index in [9.17, 15) is 0 Å². The van der Waals surface area contributed by atoms with Crippen molar-refractivity contribution >= 4 is 0 Å². The molecule has 0 bridgehead atoms. The van der Waals surface area contributed by atoms with Crippen LogP contribution in [0.15, 0.2) is 36.7 Å². The highest BCUT2D eigenvalue weighted by Gasteiger charge is 2.63. The summed E-state index contributed by atoms with van der Waals surface area (Å²) in [6.45, 7) is 0.820. The van der Waals surface area contributed by atoms with Crippen molar-refractivity contribution in [3.8, 4) is 5.75 Å². The number of benzene rings is 1. The Morgan fingerprint density at radius 2 is 2.00 bits per heavy atom. The second-order valence-corrected chi connectivity index (χ2v) is 4.92. The molecule has 2 aliphatic heterocycles. The molecule has 1 aliphatic carbocycles. The highest BCUT2D eigenvalue weighted by atomic mass is 16.5. The lowest BCUT2D eigenvalue weighted by atomic mass is 9.94. The van der Waals surface area contributed by atoms with Crippen LogP contribution in [0.25, 0.3) is 0 Å². The van der Waals surface area contributed by atoms with Gasteiger partial charge < -0.3 is 15.4 Å². The Morgan fingerprint density at radius 3 is 2.88 bits per heavy atom. The maximum atomic E-state index is 5.89. The van der Waals surface area contributed by atoms with Crippen LogP contribution in [0.5, 0.6) is 5.75 Å². The van der Waals surface area contributed by atoms with E-state index in [1.54, 1.807) is 0 Å². The van der Waals surface area contributed by atoms with E-state index in [-0.39, 0.29) is 5.41 Å². The maximum absolute atomic E-state index is 5.89. The summed E-state index contributed by atoms with van der Waals surface area (Å²) >= 11 is 0. The summed E-state index contributed by atoms with van der Waals surface area (Å²) in [6.07, 6.45) is 5.52. The van der Waals surface area contributed by atoms with Gasteiger partial charge in [-0.05, 0) is 18.1 Å². The average molecular weight is 214 g/mol. The highest BCUT2D eigenvalue weighted by Crippen LogP contribution is 2.65. The fourth-order valence-electron chi connectivity index (χ4n) is 3.08. The smallest absolute Gasteiger partial charge is 0.122 e. The van der Waals surface area contributed by atoms with Gasteiger partial charge in [0.1, 0.15) is 11.9 Å². The number of para-hydroxylation sites is 1. The molecule has 0 saturated heterocycles. The van der Waals surface area contributed by atoms with E-state index < -0.39 is 0 Å². The molecule has 2 atom stereocenters. The molecule has 82 valence electrons.